The minimum Gasteiger partial charge on any atom is -0.872 e. The maximum atomic E-state index is 14.0. The molecule has 0 saturated heterocycles. The number of allylic oxidation sites excluding steroid dienone is 1. The number of carbonyl (C=O) groups excluding carboxylic acids is 1. The molecule has 1 aliphatic rings. The zero-order valence-electron chi connectivity index (χ0n) is 14.6. The Bertz CT molecular complexity index is 871. The van der Waals surface area contributed by atoms with Gasteiger partial charge in [0.05, 0.1) is 23.7 Å². The van der Waals surface area contributed by atoms with E-state index in [1.807, 2.05) is 13.8 Å². The van der Waals surface area contributed by atoms with Gasteiger partial charge in [-0.2, -0.15) is 0 Å². The first-order valence-electron chi connectivity index (χ1n) is 8.50. The minimum absolute atomic E-state index is 0.0339. The summed E-state index contributed by atoms with van der Waals surface area (Å²) in [4.78, 5) is 13.8. The van der Waals surface area contributed by atoms with Crippen molar-refractivity contribution in [3.63, 3.8) is 0 Å². The van der Waals surface area contributed by atoms with E-state index in [0.717, 1.165) is 13.1 Å². The lowest BCUT2D eigenvalue weighted by atomic mass is 10.0. The lowest BCUT2D eigenvalue weighted by Crippen LogP contribution is -3.10. The molecule has 4 nitrogen and oxygen atoms in total. The van der Waals surface area contributed by atoms with E-state index in [4.69, 9.17) is 16.3 Å². The number of quaternary nitrogens is 1. The maximum Gasteiger partial charge on any atom is 0.231 e. The lowest BCUT2D eigenvalue weighted by Gasteiger charge is -2.21. The number of carbonyl (C=O) groups is 1. The SMILES string of the molecule is CC[NH+](CC)Cc1c([O-])ccc2c1OC(=Cc1c(F)cccc1Cl)C2=O. The molecule has 0 aromatic heterocycles. The molecule has 0 aliphatic carbocycles. The van der Waals surface area contributed by atoms with Crippen molar-refractivity contribution in [2.75, 3.05) is 13.1 Å². The number of halogens is 2. The average molecular weight is 376 g/mol. The fraction of sp³-hybridized carbons (Fsp3) is 0.250. The van der Waals surface area contributed by atoms with E-state index >= 15 is 0 Å². The zero-order valence-corrected chi connectivity index (χ0v) is 15.3. The Hall–Kier alpha value is -2.37. The number of rotatable bonds is 5. The van der Waals surface area contributed by atoms with Crippen LogP contribution in [0.2, 0.25) is 5.02 Å². The Labute approximate surface area is 156 Å². The summed E-state index contributed by atoms with van der Waals surface area (Å²) < 4.78 is 19.7. The average Bonchev–Trinajstić information content (AvgIpc) is 2.94. The van der Waals surface area contributed by atoms with Gasteiger partial charge in [0.2, 0.25) is 5.78 Å². The van der Waals surface area contributed by atoms with Gasteiger partial charge < -0.3 is 14.7 Å². The molecule has 0 unspecified atom stereocenters. The van der Waals surface area contributed by atoms with Gasteiger partial charge in [0, 0.05) is 11.1 Å². The Kier molecular flexibility index (Phi) is 5.30. The van der Waals surface area contributed by atoms with Gasteiger partial charge in [-0.3, -0.25) is 4.79 Å². The molecule has 2 aromatic rings. The number of benzene rings is 2. The first kappa shape index (κ1) is 18.4. The van der Waals surface area contributed by atoms with E-state index in [1.165, 1.54) is 41.3 Å². The number of nitrogens with one attached hydrogen (secondary N) is 1. The first-order valence-corrected chi connectivity index (χ1v) is 8.88. The van der Waals surface area contributed by atoms with Crippen LogP contribution in [0.25, 0.3) is 6.08 Å². The van der Waals surface area contributed by atoms with Crippen LogP contribution in [0, 0.1) is 5.82 Å². The summed E-state index contributed by atoms with van der Waals surface area (Å²) in [5.74, 6) is -0.847. The Morgan fingerprint density at radius 1 is 1.23 bits per heavy atom. The molecule has 0 bridgehead atoms. The van der Waals surface area contributed by atoms with Gasteiger partial charge in [-0.25, -0.2) is 4.39 Å². The predicted octanol–water partition coefficient (Wildman–Crippen LogP) is 2.59. The van der Waals surface area contributed by atoms with Gasteiger partial charge >= 0.3 is 0 Å². The Morgan fingerprint density at radius 2 is 1.96 bits per heavy atom. The fourth-order valence-electron chi connectivity index (χ4n) is 2.99. The minimum atomic E-state index is -0.547. The number of hydrogen-bond donors (Lipinski definition) is 1. The molecule has 26 heavy (non-hydrogen) atoms. The zero-order chi connectivity index (χ0) is 18.8. The molecule has 1 N–H and O–H groups in total. The summed E-state index contributed by atoms with van der Waals surface area (Å²) in [5, 5.41) is 12.5. The fourth-order valence-corrected chi connectivity index (χ4v) is 3.20. The third-order valence-electron chi connectivity index (χ3n) is 4.60. The van der Waals surface area contributed by atoms with Crippen molar-refractivity contribution in [1.82, 2.24) is 0 Å². The quantitative estimate of drug-likeness (QED) is 0.817. The van der Waals surface area contributed by atoms with Crippen LogP contribution in [0.4, 0.5) is 4.39 Å². The molecule has 2 aromatic carbocycles. The number of ether oxygens (including phenoxy) is 1. The largest absolute Gasteiger partial charge is 0.872 e. The third kappa shape index (κ3) is 3.32. The molecule has 0 radical (unpaired) electrons. The highest BCUT2D eigenvalue weighted by atomic mass is 35.5. The van der Waals surface area contributed by atoms with E-state index in [2.05, 4.69) is 0 Å². The normalized spacial score (nSPS) is 14.8. The van der Waals surface area contributed by atoms with Gasteiger partial charge in [0.1, 0.15) is 18.1 Å². The summed E-state index contributed by atoms with van der Waals surface area (Å²) in [5.41, 5.74) is 0.881. The highest BCUT2D eigenvalue weighted by Crippen LogP contribution is 2.38. The second kappa shape index (κ2) is 7.48. The molecule has 1 heterocycles. The van der Waals surface area contributed by atoms with Crippen molar-refractivity contribution in [2.45, 2.75) is 20.4 Å². The summed E-state index contributed by atoms with van der Waals surface area (Å²) in [7, 11) is 0. The van der Waals surface area contributed by atoms with Crippen LogP contribution in [-0.2, 0) is 6.54 Å². The van der Waals surface area contributed by atoms with Crippen LogP contribution >= 0.6 is 11.6 Å². The van der Waals surface area contributed by atoms with Gasteiger partial charge in [-0.05, 0) is 38.1 Å². The molecular formula is C20H19ClFNO3. The molecule has 0 spiro atoms. The molecule has 0 amide bonds. The maximum absolute atomic E-state index is 14.0. The van der Waals surface area contributed by atoms with Crippen molar-refractivity contribution in [2.24, 2.45) is 0 Å². The van der Waals surface area contributed by atoms with Gasteiger partial charge in [0.15, 0.2) is 5.76 Å². The van der Waals surface area contributed by atoms with E-state index in [-0.39, 0.29) is 33.6 Å². The van der Waals surface area contributed by atoms with Crippen LogP contribution in [-0.4, -0.2) is 18.9 Å². The Morgan fingerprint density at radius 3 is 2.62 bits per heavy atom. The summed E-state index contributed by atoms with van der Waals surface area (Å²) in [6.45, 7) is 6.23. The van der Waals surface area contributed by atoms with Gasteiger partial charge in [-0.1, -0.05) is 29.5 Å². The summed E-state index contributed by atoms with van der Waals surface area (Å²) in [6, 6.07) is 7.13. The van der Waals surface area contributed by atoms with Gasteiger partial charge in [0.25, 0.3) is 0 Å². The monoisotopic (exact) mass is 375 g/mol. The highest BCUT2D eigenvalue weighted by molar-refractivity contribution is 6.32. The standard InChI is InChI=1S/C20H19ClFNO3/c1-3-23(4-2)11-14-17(24)9-8-12-19(25)18(26-20(12)14)10-13-15(21)6-5-7-16(13)22/h5-10,24H,3-4,11H2,1-2H3. The van der Waals surface area contributed by atoms with Crippen molar-refractivity contribution < 1.29 is 23.9 Å². The van der Waals surface area contributed by atoms with Crippen LogP contribution in [0.3, 0.4) is 0 Å². The van der Waals surface area contributed by atoms with E-state index < -0.39 is 5.82 Å². The number of Topliss-reactive ketones (excluding diaryl/α,β-unsaturated/α-hetero) is 1. The predicted molar refractivity (Wildman–Crippen MR) is 96.0 cm³/mol. The Balaban J connectivity index is 2.03. The second-order valence-electron chi connectivity index (χ2n) is 6.13. The number of ketones is 1. The number of hydrogen-bond acceptors (Lipinski definition) is 3. The molecule has 136 valence electrons. The molecule has 0 fully saturated rings. The number of fused-ring (bicyclic) bond motifs is 1. The van der Waals surface area contributed by atoms with Crippen molar-refractivity contribution in [1.29, 1.82) is 0 Å². The van der Waals surface area contributed by atoms with Crippen molar-refractivity contribution in [3.8, 4) is 11.5 Å². The molecule has 0 atom stereocenters. The molecule has 3 rings (SSSR count). The lowest BCUT2D eigenvalue weighted by molar-refractivity contribution is -0.910. The highest BCUT2D eigenvalue weighted by Gasteiger charge is 2.31. The smallest absolute Gasteiger partial charge is 0.231 e. The molecule has 6 heteroatoms. The van der Waals surface area contributed by atoms with Gasteiger partial charge in [-0.15, -0.1) is 0 Å². The van der Waals surface area contributed by atoms with Crippen molar-refractivity contribution in [3.05, 3.63) is 63.6 Å². The summed E-state index contributed by atoms with van der Waals surface area (Å²) >= 11 is 6.03. The van der Waals surface area contributed by atoms with E-state index in [9.17, 15) is 14.3 Å². The summed E-state index contributed by atoms with van der Waals surface area (Å²) in [6.07, 6.45) is 1.29. The molecule has 0 saturated carbocycles. The molecule has 1 aliphatic heterocycles. The van der Waals surface area contributed by atoms with Crippen LogP contribution in [0.15, 0.2) is 36.1 Å². The van der Waals surface area contributed by atoms with E-state index in [1.54, 1.807) is 0 Å². The molecular weight excluding hydrogens is 357 g/mol. The second-order valence-corrected chi connectivity index (χ2v) is 6.54. The topological polar surface area (TPSA) is 53.8 Å². The van der Waals surface area contributed by atoms with Crippen LogP contribution < -0.4 is 14.7 Å². The first-order chi connectivity index (χ1) is 12.5. The third-order valence-corrected chi connectivity index (χ3v) is 4.93. The van der Waals surface area contributed by atoms with Crippen LogP contribution in [0.1, 0.15) is 35.3 Å². The van der Waals surface area contributed by atoms with Crippen molar-refractivity contribution >= 4 is 23.5 Å². The van der Waals surface area contributed by atoms with Crippen LogP contribution in [0.5, 0.6) is 11.5 Å². The van der Waals surface area contributed by atoms with E-state index in [0.29, 0.717) is 17.7 Å².